The van der Waals surface area contributed by atoms with Gasteiger partial charge in [-0.3, -0.25) is 4.79 Å². The number of ketones is 1. The summed E-state index contributed by atoms with van der Waals surface area (Å²) in [6.07, 6.45) is 3.63. The van der Waals surface area contributed by atoms with Gasteiger partial charge >= 0.3 is 6.09 Å². The van der Waals surface area contributed by atoms with Crippen LogP contribution in [0.3, 0.4) is 0 Å². The van der Waals surface area contributed by atoms with Crippen molar-refractivity contribution in [2.45, 2.75) is 51.7 Å². The highest BCUT2D eigenvalue weighted by Crippen LogP contribution is 2.21. The molecule has 0 heterocycles. The largest absolute Gasteiger partial charge is 0.446 e. The van der Waals surface area contributed by atoms with E-state index in [1.807, 2.05) is 13.8 Å². The molecule has 4 nitrogen and oxygen atoms in total. The summed E-state index contributed by atoms with van der Waals surface area (Å²) in [5, 5.41) is 2.63. The smallest absolute Gasteiger partial charge is 0.408 e. The first-order chi connectivity index (χ1) is 8.04. The minimum Gasteiger partial charge on any atom is -0.446 e. The molecule has 1 aliphatic carbocycles. The molecule has 0 aromatic carbocycles. The summed E-state index contributed by atoms with van der Waals surface area (Å²) >= 11 is 3.95. The molecule has 1 N–H and O–H groups in total. The third kappa shape index (κ3) is 4.58. The topological polar surface area (TPSA) is 55.4 Å². The number of nitrogens with one attached hydrogen (secondary N) is 1. The fourth-order valence-electron chi connectivity index (χ4n) is 2.04. The lowest BCUT2D eigenvalue weighted by atomic mass is 10.0. The molecule has 0 aromatic rings. The van der Waals surface area contributed by atoms with Crippen molar-refractivity contribution in [3.8, 4) is 0 Å². The van der Waals surface area contributed by atoms with E-state index < -0.39 is 12.1 Å². The number of rotatable bonds is 5. The van der Waals surface area contributed by atoms with Gasteiger partial charge in [0.05, 0.1) is 11.8 Å². The zero-order valence-electron chi connectivity index (χ0n) is 10.4. The van der Waals surface area contributed by atoms with Crippen LogP contribution in [0, 0.1) is 5.92 Å². The summed E-state index contributed by atoms with van der Waals surface area (Å²) in [5.41, 5.74) is 0. The molecule has 0 aliphatic heterocycles. The number of amides is 1. The Bertz CT molecular complexity index is 275. The maximum absolute atomic E-state index is 11.6. The van der Waals surface area contributed by atoms with Crippen molar-refractivity contribution in [2.24, 2.45) is 5.92 Å². The number of thiol groups is 1. The molecule has 17 heavy (non-hydrogen) atoms. The number of carbonyl (C=O) groups is 2. The normalized spacial score (nSPS) is 18.1. The van der Waals surface area contributed by atoms with Crippen LogP contribution in [0.5, 0.6) is 0 Å². The zero-order chi connectivity index (χ0) is 12.8. The van der Waals surface area contributed by atoms with E-state index in [1.165, 1.54) is 0 Å². The maximum Gasteiger partial charge on any atom is 0.408 e. The molecule has 0 radical (unpaired) electrons. The van der Waals surface area contributed by atoms with Crippen LogP contribution in [0.1, 0.15) is 39.5 Å². The van der Waals surface area contributed by atoms with Gasteiger partial charge in [-0.1, -0.05) is 13.8 Å². The Morgan fingerprint density at radius 2 is 1.94 bits per heavy atom. The Morgan fingerprint density at radius 1 is 1.35 bits per heavy atom. The first kappa shape index (κ1) is 14.4. The molecular weight excluding hydrogens is 238 g/mol. The highest BCUT2D eigenvalue weighted by Gasteiger charge is 2.25. The van der Waals surface area contributed by atoms with Crippen molar-refractivity contribution in [3.05, 3.63) is 0 Å². The number of Topliss-reactive ketones (excluding diaryl/α,β-unsaturated/α-hetero) is 1. The number of ether oxygens (including phenoxy) is 1. The number of hydrogen-bond acceptors (Lipinski definition) is 4. The van der Waals surface area contributed by atoms with Gasteiger partial charge in [0.2, 0.25) is 0 Å². The van der Waals surface area contributed by atoms with Crippen molar-refractivity contribution < 1.29 is 14.3 Å². The van der Waals surface area contributed by atoms with Gasteiger partial charge in [0, 0.05) is 0 Å². The summed E-state index contributed by atoms with van der Waals surface area (Å²) in [7, 11) is 0. The molecule has 0 aromatic heterocycles. The molecular formula is C12H21NO3S. The molecule has 0 unspecified atom stereocenters. The fraction of sp³-hybridized carbons (Fsp3) is 0.833. The SMILES string of the molecule is CC(C)[C@H](NC(=O)OC1CCCC1)C(=O)CS. The van der Waals surface area contributed by atoms with E-state index in [2.05, 4.69) is 17.9 Å². The van der Waals surface area contributed by atoms with Crippen LogP contribution in [0.2, 0.25) is 0 Å². The first-order valence-corrected chi connectivity index (χ1v) is 6.78. The molecule has 1 fully saturated rings. The Morgan fingerprint density at radius 3 is 2.41 bits per heavy atom. The Kier molecular flexibility index (Phi) is 5.82. The van der Waals surface area contributed by atoms with E-state index in [0.717, 1.165) is 25.7 Å². The maximum atomic E-state index is 11.6. The molecule has 1 atom stereocenters. The van der Waals surface area contributed by atoms with E-state index in [9.17, 15) is 9.59 Å². The monoisotopic (exact) mass is 259 g/mol. The molecule has 1 saturated carbocycles. The second-order valence-electron chi connectivity index (χ2n) is 4.80. The molecule has 0 bridgehead atoms. The van der Waals surface area contributed by atoms with E-state index in [1.54, 1.807) is 0 Å². The number of alkyl carbamates (subject to hydrolysis) is 1. The molecule has 1 aliphatic rings. The lowest BCUT2D eigenvalue weighted by Crippen LogP contribution is -2.45. The molecule has 0 saturated heterocycles. The minimum absolute atomic E-state index is 0.0221. The van der Waals surface area contributed by atoms with Crippen molar-refractivity contribution in [2.75, 3.05) is 5.75 Å². The molecule has 1 amide bonds. The van der Waals surface area contributed by atoms with E-state index in [4.69, 9.17) is 4.74 Å². The van der Waals surface area contributed by atoms with E-state index in [-0.39, 0.29) is 23.6 Å². The summed E-state index contributed by atoms with van der Waals surface area (Å²) in [6, 6.07) is -0.499. The van der Waals surface area contributed by atoms with Crippen molar-refractivity contribution in [1.29, 1.82) is 0 Å². The van der Waals surface area contributed by atoms with Gasteiger partial charge in [-0.2, -0.15) is 12.6 Å². The quantitative estimate of drug-likeness (QED) is 0.744. The highest BCUT2D eigenvalue weighted by molar-refractivity contribution is 7.81. The van der Waals surface area contributed by atoms with E-state index in [0.29, 0.717) is 0 Å². The highest BCUT2D eigenvalue weighted by atomic mass is 32.1. The van der Waals surface area contributed by atoms with Gasteiger partial charge in [0.15, 0.2) is 5.78 Å². The second kappa shape index (κ2) is 6.89. The summed E-state index contributed by atoms with van der Waals surface area (Å²) in [6.45, 7) is 3.78. The van der Waals surface area contributed by atoms with Gasteiger partial charge in [0.1, 0.15) is 6.10 Å². The van der Waals surface area contributed by atoms with Crippen molar-refractivity contribution in [3.63, 3.8) is 0 Å². The third-order valence-corrected chi connectivity index (χ3v) is 3.33. The fourth-order valence-corrected chi connectivity index (χ4v) is 2.23. The van der Waals surface area contributed by atoms with Gasteiger partial charge in [-0.05, 0) is 31.6 Å². The molecule has 98 valence electrons. The Balaban J connectivity index is 2.43. The van der Waals surface area contributed by atoms with Gasteiger partial charge in [0.25, 0.3) is 0 Å². The van der Waals surface area contributed by atoms with Crippen LogP contribution < -0.4 is 5.32 Å². The van der Waals surface area contributed by atoms with Crippen LogP contribution >= 0.6 is 12.6 Å². The van der Waals surface area contributed by atoms with Crippen LogP contribution in [-0.4, -0.2) is 29.8 Å². The van der Waals surface area contributed by atoms with Crippen LogP contribution in [0.15, 0.2) is 0 Å². The van der Waals surface area contributed by atoms with Gasteiger partial charge in [-0.25, -0.2) is 4.79 Å². The second-order valence-corrected chi connectivity index (χ2v) is 5.12. The average Bonchev–Trinajstić information content (AvgIpc) is 2.77. The van der Waals surface area contributed by atoms with Crippen LogP contribution in [0.25, 0.3) is 0 Å². The van der Waals surface area contributed by atoms with Crippen LogP contribution in [0.4, 0.5) is 4.79 Å². The molecule has 1 rings (SSSR count). The number of carbonyl (C=O) groups excluding carboxylic acids is 2. The lowest BCUT2D eigenvalue weighted by Gasteiger charge is -2.21. The first-order valence-electron chi connectivity index (χ1n) is 6.15. The Hall–Kier alpha value is -0.710. The molecule has 0 spiro atoms. The van der Waals surface area contributed by atoms with Gasteiger partial charge in [-0.15, -0.1) is 0 Å². The average molecular weight is 259 g/mol. The summed E-state index contributed by atoms with van der Waals surface area (Å²) in [5.74, 6) is 0.101. The third-order valence-electron chi connectivity index (χ3n) is 3.02. The van der Waals surface area contributed by atoms with Crippen molar-refractivity contribution >= 4 is 24.5 Å². The zero-order valence-corrected chi connectivity index (χ0v) is 11.3. The summed E-state index contributed by atoms with van der Waals surface area (Å²) in [4.78, 5) is 23.2. The van der Waals surface area contributed by atoms with Gasteiger partial charge < -0.3 is 10.1 Å². The minimum atomic E-state index is -0.499. The molecule has 5 heteroatoms. The number of hydrogen-bond donors (Lipinski definition) is 2. The van der Waals surface area contributed by atoms with Crippen LogP contribution in [-0.2, 0) is 9.53 Å². The lowest BCUT2D eigenvalue weighted by molar-refractivity contribution is -0.119. The van der Waals surface area contributed by atoms with E-state index >= 15 is 0 Å². The Labute approximate surface area is 108 Å². The standard InChI is InChI=1S/C12H21NO3S/c1-8(2)11(10(14)7-17)13-12(15)16-9-5-3-4-6-9/h8-9,11,17H,3-7H2,1-2H3,(H,13,15)/t11-/m0/s1. The summed E-state index contributed by atoms with van der Waals surface area (Å²) < 4.78 is 5.26. The van der Waals surface area contributed by atoms with Crippen molar-refractivity contribution in [1.82, 2.24) is 5.32 Å². The predicted octanol–water partition coefficient (Wildman–Crippen LogP) is 2.18. The predicted molar refractivity (Wildman–Crippen MR) is 69.4 cm³/mol.